The molecule has 2 saturated heterocycles. The van der Waals surface area contributed by atoms with Crippen LogP contribution in [0.5, 0.6) is 5.75 Å². The predicted molar refractivity (Wildman–Crippen MR) is 111 cm³/mol. The summed E-state index contributed by atoms with van der Waals surface area (Å²) < 4.78 is 5.52. The normalized spacial score (nSPS) is 19.6. The number of hydrogen-bond acceptors (Lipinski definition) is 7. The van der Waals surface area contributed by atoms with E-state index in [2.05, 4.69) is 10.2 Å². The number of hydroxylamine groups is 2. The maximum absolute atomic E-state index is 12.1. The van der Waals surface area contributed by atoms with Crippen LogP contribution in [0, 0.1) is 0 Å². The molecular formula is C19H29Cl2N3O4. The van der Waals surface area contributed by atoms with Crippen molar-refractivity contribution in [3.8, 4) is 5.75 Å². The third kappa shape index (κ3) is 7.56. The molecule has 1 aromatic rings. The first-order valence-electron chi connectivity index (χ1n) is 9.32. The van der Waals surface area contributed by atoms with Gasteiger partial charge in [0.25, 0.3) is 0 Å². The monoisotopic (exact) mass is 433 g/mol. The Morgan fingerprint density at radius 1 is 1.11 bits per heavy atom. The molecule has 2 aliphatic rings. The lowest BCUT2D eigenvalue weighted by Gasteiger charge is -2.39. The van der Waals surface area contributed by atoms with Crippen LogP contribution in [0.4, 0.5) is 0 Å². The molecule has 1 N–H and O–H groups in total. The first kappa shape index (κ1) is 24.7. The Bertz CT molecular complexity index is 580. The minimum Gasteiger partial charge on any atom is -0.482 e. The Morgan fingerprint density at radius 2 is 1.75 bits per heavy atom. The summed E-state index contributed by atoms with van der Waals surface area (Å²) in [5.74, 6) is 0.126. The van der Waals surface area contributed by atoms with Crippen molar-refractivity contribution < 1.29 is 19.2 Å². The van der Waals surface area contributed by atoms with Gasteiger partial charge in [-0.15, -0.1) is 29.9 Å². The van der Waals surface area contributed by atoms with Gasteiger partial charge < -0.3 is 14.9 Å². The molecule has 1 unspecified atom stereocenters. The number of halogens is 2. The average Bonchev–Trinajstić information content (AvgIpc) is 2.69. The van der Waals surface area contributed by atoms with E-state index in [-0.39, 0.29) is 31.2 Å². The van der Waals surface area contributed by atoms with Gasteiger partial charge >= 0.3 is 5.97 Å². The van der Waals surface area contributed by atoms with Gasteiger partial charge in [0.15, 0.2) is 12.4 Å². The van der Waals surface area contributed by atoms with E-state index >= 15 is 0 Å². The molecule has 0 amide bonds. The Hall–Kier alpha value is -1.38. The van der Waals surface area contributed by atoms with Crippen LogP contribution in [0.25, 0.3) is 0 Å². The molecule has 0 saturated carbocycles. The average molecular weight is 434 g/mol. The van der Waals surface area contributed by atoms with Crippen LogP contribution in [0.1, 0.15) is 19.3 Å². The van der Waals surface area contributed by atoms with Gasteiger partial charge in [-0.2, -0.15) is 0 Å². The number of aldehydes is 1. The van der Waals surface area contributed by atoms with Crippen molar-refractivity contribution >= 4 is 37.1 Å². The molecule has 158 valence electrons. The second kappa shape index (κ2) is 13.0. The van der Waals surface area contributed by atoms with Crippen molar-refractivity contribution in [2.45, 2.75) is 31.4 Å². The summed E-state index contributed by atoms with van der Waals surface area (Å²) in [6.07, 6.45) is 2.08. The molecule has 3 rings (SSSR count). The summed E-state index contributed by atoms with van der Waals surface area (Å²) in [5.41, 5.74) is 0. The molecule has 7 nitrogen and oxygen atoms in total. The van der Waals surface area contributed by atoms with Gasteiger partial charge in [0, 0.05) is 32.2 Å². The number of piperazine rings is 1. The maximum atomic E-state index is 12.1. The van der Waals surface area contributed by atoms with Crippen LogP contribution in [-0.2, 0) is 14.4 Å². The minimum absolute atomic E-state index is 0. The second-order valence-corrected chi connectivity index (χ2v) is 6.72. The lowest BCUT2D eigenvalue weighted by Crippen LogP contribution is -2.53. The van der Waals surface area contributed by atoms with Crippen LogP contribution in [0.3, 0.4) is 0 Å². The van der Waals surface area contributed by atoms with Crippen molar-refractivity contribution in [3.63, 3.8) is 0 Å². The van der Waals surface area contributed by atoms with Gasteiger partial charge in [0.1, 0.15) is 5.75 Å². The van der Waals surface area contributed by atoms with Crippen molar-refractivity contribution in [1.29, 1.82) is 0 Å². The number of nitrogens with one attached hydrogen (secondary N) is 1. The number of ether oxygens (including phenoxy) is 1. The first-order valence-corrected chi connectivity index (χ1v) is 9.32. The highest BCUT2D eigenvalue weighted by Gasteiger charge is 2.27. The van der Waals surface area contributed by atoms with Gasteiger partial charge in [-0.25, -0.2) is 0 Å². The van der Waals surface area contributed by atoms with Gasteiger partial charge in [-0.1, -0.05) is 18.2 Å². The lowest BCUT2D eigenvalue weighted by atomic mass is 10.0. The van der Waals surface area contributed by atoms with E-state index in [0.717, 1.165) is 26.2 Å². The largest absolute Gasteiger partial charge is 0.482 e. The van der Waals surface area contributed by atoms with Crippen LogP contribution < -0.4 is 10.1 Å². The number of piperidine rings is 1. The fourth-order valence-corrected chi connectivity index (χ4v) is 3.47. The summed E-state index contributed by atoms with van der Waals surface area (Å²) in [5, 5.41) is 5.08. The van der Waals surface area contributed by atoms with Gasteiger partial charge in [0.2, 0.25) is 0 Å². The number of nitrogens with zero attached hydrogens (tertiary/aromatic N) is 2. The molecule has 0 radical (unpaired) electrons. The van der Waals surface area contributed by atoms with E-state index in [0.29, 0.717) is 31.2 Å². The summed E-state index contributed by atoms with van der Waals surface area (Å²) in [6, 6.07) is 9.63. The molecule has 0 spiro atoms. The quantitative estimate of drug-likeness (QED) is 0.655. The lowest BCUT2D eigenvalue weighted by molar-refractivity contribution is -0.200. The van der Waals surface area contributed by atoms with Crippen molar-refractivity contribution in [2.75, 3.05) is 39.3 Å². The predicted octanol–water partition coefficient (Wildman–Crippen LogP) is 1.69. The number of benzene rings is 1. The Balaban J connectivity index is 0.00000196. The fourth-order valence-electron chi connectivity index (χ4n) is 3.47. The number of rotatable bonds is 7. The molecule has 2 heterocycles. The highest BCUT2D eigenvalue weighted by atomic mass is 35.5. The zero-order valence-corrected chi connectivity index (χ0v) is 17.5. The molecule has 1 aromatic carbocycles. The third-order valence-electron chi connectivity index (χ3n) is 4.88. The Morgan fingerprint density at radius 3 is 2.36 bits per heavy atom. The second-order valence-electron chi connectivity index (χ2n) is 6.72. The number of carbonyl (C=O) groups excluding carboxylic acids is 2. The molecule has 9 heteroatoms. The molecule has 1 atom stereocenters. The summed E-state index contributed by atoms with van der Waals surface area (Å²) in [4.78, 5) is 31.2. The van der Waals surface area contributed by atoms with Gasteiger partial charge in [-0.05, 0) is 38.1 Å². The zero-order valence-electron chi connectivity index (χ0n) is 15.8. The van der Waals surface area contributed by atoms with Crippen LogP contribution in [-0.4, -0.2) is 73.6 Å². The smallest absolute Gasteiger partial charge is 0.329 e. The van der Waals surface area contributed by atoms with Gasteiger partial charge in [-0.3, -0.25) is 14.5 Å². The van der Waals surface area contributed by atoms with Crippen molar-refractivity contribution in [2.24, 2.45) is 0 Å². The molecule has 0 aliphatic carbocycles. The molecule has 0 aromatic heterocycles. The first-order chi connectivity index (χ1) is 12.7. The maximum Gasteiger partial charge on any atom is 0.329 e. The van der Waals surface area contributed by atoms with Crippen molar-refractivity contribution in [3.05, 3.63) is 30.3 Å². The molecule has 2 fully saturated rings. The molecule has 2 aliphatic heterocycles. The summed E-state index contributed by atoms with van der Waals surface area (Å²) in [7, 11) is 0. The Labute approximate surface area is 178 Å². The highest BCUT2D eigenvalue weighted by molar-refractivity contribution is 5.85. The summed E-state index contributed by atoms with van der Waals surface area (Å²) >= 11 is 0. The summed E-state index contributed by atoms with van der Waals surface area (Å²) in [6.45, 7) is 5.34. The van der Waals surface area contributed by atoms with E-state index in [1.807, 2.05) is 18.2 Å². The minimum atomic E-state index is -0.832. The number of para-hydroxylation sites is 1. The van der Waals surface area contributed by atoms with Crippen molar-refractivity contribution in [1.82, 2.24) is 15.3 Å². The standard InChI is InChI=1S/C19H27N3O4.2ClH/c23-15-18(25-17-4-2-1-3-5-17)14-19(24)26-22-12-10-21(11-13-22)16-6-8-20-9-7-16;;/h1-5,15-16,18,20H,6-14H2;2*1H. The molecule has 28 heavy (non-hydrogen) atoms. The number of hydrogen-bond donors (Lipinski definition) is 1. The zero-order chi connectivity index (χ0) is 18.2. The van der Waals surface area contributed by atoms with Crippen LogP contribution in [0.15, 0.2) is 30.3 Å². The van der Waals surface area contributed by atoms with E-state index in [4.69, 9.17) is 9.57 Å². The van der Waals surface area contributed by atoms with E-state index in [9.17, 15) is 9.59 Å². The van der Waals surface area contributed by atoms with E-state index in [1.54, 1.807) is 17.2 Å². The molecule has 0 bridgehead atoms. The fraction of sp³-hybridized carbons (Fsp3) is 0.579. The highest BCUT2D eigenvalue weighted by Crippen LogP contribution is 2.16. The van der Waals surface area contributed by atoms with Crippen LogP contribution >= 0.6 is 24.8 Å². The van der Waals surface area contributed by atoms with Crippen LogP contribution in [0.2, 0.25) is 0 Å². The Kier molecular flexibility index (Phi) is 11.4. The van der Waals surface area contributed by atoms with E-state index in [1.165, 1.54) is 12.8 Å². The topological polar surface area (TPSA) is 71.1 Å². The number of carbonyl (C=O) groups is 2. The molecular weight excluding hydrogens is 405 g/mol. The third-order valence-corrected chi connectivity index (χ3v) is 4.88. The van der Waals surface area contributed by atoms with E-state index < -0.39 is 12.1 Å². The SMILES string of the molecule is Cl.Cl.O=CC(CC(=O)ON1CCN(C2CCNCC2)CC1)Oc1ccccc1. The van der Waals surface area contributed by atoms with Gasteiger partial charge in [0.05, 0.1) is 6.42 Å².